The monoisotopic (exact) mass is 423 g/mol. The Morgan fingerprint density at radius 2 is 1.97 bits per heavy atom. The molecular weight excluding hydrogens is 382 g/mol. The van der Waals surface area contributed by atoms with Gasteiger partial charge in [0, 0.05) is 13.1 Å². The van der Waals surface area contributed by atoms with Crippen LogP contribution in [0, 0.1) is 17.8 Å². The fourth-order valence-corrected chi connectivity index (χ4v) is 4.03. The average molecular weight is 424 g/mol. The summed E-state index contributed by atoms with van der Waals surface area (Å²) >= 11 is 0. The lowest BCUT2D eigenvalue weighted by Crippen LogP contribution is -2.23. The van der Waals surface area contributed by atoms with E-state index in [-0.39, 0.29) is 36.0 Å². The molecule has 0 amide bonds. The molecule has 0 bridgehead atoms. The molecule has 0 aromatic rings. The van der Waals surface area contributed by atoms with Crippen molar-refractivity contribution in [3.05, 3.63) is 12.2 Å². The fraction of sp³-hybridized carbons (Fsp3) is 0.792. The van der Waals surface area contributed by atoms with Crippen molar-refractivity contribution in [1.29, 1.82) is 0 Å². The van der Waals surface area contributed by atoms with E-state index < -0.39 is 6.04 Å². The molecular formula is C24H41NO5. The van der Waals surface area contributed by atoms with Crippen molar-refractivity contribution in [2.75, 3.05) is 7.11 Å². The first-order valence-electron chi connectivity index (χ1n) is 11.4. The summed E-state index contributed by atoms with van der Waals surface area (Å²) in [5, 5.41) is 10.4. The van der Waals surface area contributed by atoms with Gasteiger partial charge in [-0.05, 0) is 62.4 Å². The normalized spacial score (nSPS) is 23.9. The molecule has 1 aliphatic carbocycles. The molecule has 172 valence electrons. The number of esters is 2. The number of allylic oxidation sites excluding steroid dienone is 1. The van der Waals surface area contributed by atoms with E-state index in [1.165, 1.54) is 14.0 Å². The lowest BCUT2D eigenvalue weighted by Gasteiger charge is -2.19. The van der Waals surface area contributed by atoms with Crippen molar-refractivity contribution in [3.8, 4) is 0 Å². The van der Waals surface area contributed by atoms with Crippen LogP contribution in [-0.4, -0.2) is 48.6 Å². The Kier molecular flexibility index (Phi) is 12.6. The molecule has 6 heteroatoms. The van der Waals surface area contributed by atoms with Crippen molar-refractivity contribution in [2.45, 2.75) is 97.3 Å². The molecule has 5 atom stereocenters. The Morgan fingerprint density at radius 3 is 2.57 bits per heavy atom. The highest BCUT2D eigenvalue weighted by Crippen LogP contribution is 2.35. The van der Waals surface area contributed by atoms with E-state index in [1.54, 1.807) is 6.21 Å². The Labute approximate surface area is 182 Å². The summed E-state index contributed by atoms with van der Waals surface area (Å²) in [5.41, 5.74) is 0. The van der Waals surface area contributed by atoms with Crippen molar-refractivity contribution in [2.24, 2.45) is 22.7 Å². The van der Waals surface area contributed by atoms with E-state index >= 15 is 0 Å². The number of hydrogen-bond acceptors (Lipinski definition) is 6. The molecule has 30 heavy (non-hydrogen) atoms. The molecule has 0 aliphatic heterocycles. The zero-order chi connectivity index (χ0) is 22.5. The van der Waals surface area contributed by atoms with Crippen LogP contribution in [0.4, 0.5) is 0 Å². The largest absolute Gasteiger partial charge is 0.467 e. The van der Waals surface area contributed by atoms with Gasteiger partial charge in [0.2, 0.25) is 0 Å². The third-order valence-corrected chi connectivity index (χ3v) is 5.65. The molecule has 1 rings (SSSR count). The molecule has 1 fully saturated rings. The van der Waals surface area contributed by atoms with E-state index in [1.807, 2.05) is 19.9 Å². The number of carbonyl (C=O) groups excluding carboxylic acids is 2. The van der Waals surface area contributed by atoms with E-state index in [0.29, 0.717) is 18.8 Å². The first kappa shape index (κ1) is 26.3. The maximum Gasteiger partial charge on any atom is 0.330 e. The number of methoxy groups -OCH3 is 1. The van der Waals surface area contributed by atoms with Gasteiger partial charge in [-0.25, -0.2) is 4.79 Å². The molecule has 1 N–H and O–H groups in total. The Morgan fingerprint density at radius 1 is 1.23 bits per heavy atom. The molecule has 0 heterocycles. The quantitative estimate of drug-likeness (QED) is 0.204. The predicted octanol–water partition coefficient (Wildman–Crippen LogP) is 4.49. The van der Waals surface area contributed by atoms with Crippen molar-refractivity contribution >= 4 is 18.2 Å². The van der Waals surface area contributed by atoms with Crippen molar-refractivity contribution in [3.63, 3.8) is 0 Å². The summed E-state index contributed by atoms with van der Waals surface area (Å²) in [6, 6.07) is -0.491. The highest BCUT2D eigenvalue weighted by atomic mass is 16.5. The zero-order valence-corrected chi connectivity index (χ0v) is 19.4. The number of hydrogen-bond donors (Lipinski definition) is 1. The number of aliphatic hydroxyl groups excluding tert-OH is 1. The molecule has 0 radical (unpaired) electrons. The molecule has 6 nitrogen and oxygen atoms in total. The van der Waals surface area contributed by atoms with Crippen LogP contribution >= 0.6 is 0 Å². The third-order valence-electron chi connectivity index (χ3n) is 5.65. The number of carbonyl (C=O) groups is 2. The van der Waals surface area contributed by atoms with Gasteiger partial charge in [-0.2, -0.15) is 0 Å². The molecule has 0 saturated heterocycles. The van der Waals surface area contributed by atoms with Gasteiger partial charge in [0.05, 0.1) is 13.2 Å². The van der Waals surface area contributed by atoms with E-state index in [4.69, 9.17) is 9.47 Å². The summed E-state index contributed by atoms with van der Waals surface area (Å²) in [5.74, 6) is 0.00760. The van der Waals surface area contributed by atoms with Gasteiger partial charge in [-0.15, -0.1) is 0 Å². The second-order valence-corrected chi connectivity index (χ2v) is 8.74. The Hall–Kier alpha value is -1.69. The van der Waals surface area contributed by atoms with Crippen LogP contribution in [0.1, 0.15) is 79.1 Å². The van der Waals surface area contributed by atoms with Crippen LogP contribution in [0.5, 0.6) is 0 Å². The maximum absolute atomic E-state index is 11.9. The topological polar surface area (TPSA) is 85.2 Å². The van der Waals surface area contributed by atoms with Crippen LogP contribution in [0.15, 0.2) is 17.1 Å². The first-order valence-corrected chi connectivity index (χ1v) is 11.4. The van der Waals surface area contributed by atoms with Gasteiger partial charge >= 0.3 is 11.9 Å². The minimum Gasteiger partial charge on any atom is -0.467 e. The summed E-state index contributed by atoms with van der Waals surface area (Å²) in [7, 11) is 1.38. The highest BCUT2D eigenvalue weighted by Gasteiger charge is 2.33. The predicted molar refractivity (Wildman–Crippen MR) is 119 cm³/mol. The van der Waals surface area contributed by atoms with Gasteiger partial charge in [0.1, 0.15) is 12.1 Å². The van der Waals surface area contributed by atoms with Crippen molar-refractivity contribution in [1.82, 2.24) is 0 Å². The van der Waals surface area contributed by atoms with Gasteiger partial charge in [0.15, 0.2) is 0 Å². The smallest absolute Gasteiger partial charge is 0.330 e. The Balaban J connectivity index is 2.74. The molecule has 1 aliphatic rings. The second-order valence-electron chi connectivity index (χ2n) is 8.74. The number of ether oxygens (including phenoxy) is 2. The van der Waals surface area contributed by atoms with Gasteiger partial charge < -0.3 is 14.6 Å². The van der Waals surface area contributed by atoms with Crippen LogP contribution in [0.3, 0.4) is 0 Å². The highest BCUT2D eigenvalue weighted by molar-refractivity contribution is 5.78. The second kappa shape index (κ2) is 14.3. The van der Waals surface area contributed by atoms with Crippen LogP contribution in [0.2, 0.25) is 0 Å². The lowest BCUT2D eigenvalue weighted by molar-refractivity contribution is -0.144. The molecule has 1 saturated carbocycles. The standard InChI is InChI=1S/C24H41NO5/c1-6-7-8-9-20(30-18(4)26)12-10-19-11-13-23(27)21(19)14-15-25-22(16-17(2)3)24(28)29-5/h10,12,15,17,19-23,27H,6-9,11,13-14,16H2,1-5H3/b12-10+,25-15?/t19?,20-,21+,22-,23?/m0/s1. The van der Waals surface area contributed by atoms with Gasteiger partial charge in [0.25, 0.3) is 0 Å². The van der Waals surface area contributed by atoms with Gasteiger partial charge in [-0.3, -0.25) is 9.79 Å². The summed E-state index contributed by atoms with van der Waals surface area (Å²) in [6.45, 7) is 7.68. The minimum atomic E-state index is -0.491. The molecule has 2 unspecified atom stereocenters. The van der Waals surface area contributed by atoms with Crippen molar-refractivity contribution < 1.29 is 24.2 Å². The summed E-state index contributed by atoms with van der Waals surface area (Å²) in [6.07, 6.45) is 12.2. The van der Waals surface area contributed by atoms with Crippen LogP contribution in [0.25, 0.3) is 0 Å². The Bertz CT molecular complexity index is 572. The zero-order valence-electron chi connectivity index (χ0n) is 19.4. The minimum absolute atomic E-state index is 0.0518. The SMILES string of the molecule is CCCCC[C@@H](/C=C/C1CCC(O)[C@@H]1CC=N[C@@H](CC(C)C)C(=O)OC)OC(C)=O. The first-order chi connectivity index (χ1) is 14.3. The average Bonchev–Trinajstić information content (AvgIpc) is 3.03. The van der Waals surface area contributed by atoms with Crippen LogP contribution in [-0.2, 0) is 19.1 Å². The number of aliphatic imine (C=N–C) groups is 1. The van der Waals surface area contributed by atoms with E-state index in [2.05, 4.69) is 18.0 Å². The van der Waals surface area contributed by atoms with E-state index in [0.717, 1.165) is 38.5 Å². The number of unbranched alkanes of at least 4 members (excludes halogenated alkanes) is 2. The molecule has 0 aromatic carbocycles. The van der Waals surface area contributed by atoms with Crippen LogP contribution < -0.4 is 0 Å². The number of rotatable bonds is 13. The molecule has 0 aromatic heterocycles. The number of aliphatic hydroxyl groups is 1. The third kappa shape index (κ3) is 9.88. The van der Waals surface area contributed by atoms with Gasteiger partial charge in [-0.1, -0.05) is 39.7 Å². The summed E-state index contributed by atoms with van der Waals surface area (Å²) < 4.78 is 10.3. The fourth-order valence-electron chi connectivity index (χ4n) is 4.03. The molecule has 0 spiro atoms. The lowest BCUT2D eigenvalue weighted by atomic mass is 9.91. The number of nitrogens with zero attached hydrogens (tertiary/aromatic N) is 1. The van der Waals surface area contributed by atoms with E-state index in [9.17, 15) is 14.7 Å². The maximum atomic E-state index is 11.9. The summed E-state index contributed by atoms with van der Waals surface area (Å²) in [4.78, 5) is 27.8.